The fourth-order valence-electron chi connectivity index (χ4n) is 2.20. The van der Waals surface area contributed by atoms with E-state index in [-0.39, 0.29) is 17.9 Å². The average molecular weight is 305 g/mol. The van der Waals surface area contributed by atoms with Gasteiger partial charge < -0.3 is 10.4 Å². The predicted octanol–water partition coefficient (Wildman–Crippen LogP) is 2.13. The molecule has 0 aliphatic carbocycles. The van der Waals surface area contributed by atoms with Crippen molar-refractivity contribution in [1.29, 1.82) is 0 Å². The van der Waals surface area contributed by atoms with E-state index in [2.05, 4.69) is 35.7 Å². The lowest BCUT2D eigenvalue weighted by Gasteiger charge is -2.20. The Balaban J connectivity index is 1.86. The van der Waals surface area contributed by atoms with Crippen LogP contribution in [0.3, 0.4) is 0 Å². The van der Waals surface area contributed by atoms with Gasteiger partial charge in [-0.3, -0.25) is 4.68 Å². The summed E-state index contributed by atoms with van der Waals surface area (Å²) >= 11 is 1.69. The van der Waals surface area contributed by atoms with Crippen LogP contribution in [0.5, 0.6) is 0 Å². The first-order valence-electron chi connectivity index (χ1n) is 7.15. The van der Waals surface area contributed by atoms with Crippen molar-refractivity contribution in [2.45, 2.75) is 31.3 Å². The van der Waals surface area contributed by atoms with Crippen LogP contribution >= 0.6 is 11.8 Å². The van der Waals surface area contributed by atoms with Crippen molar-refractivity contribution in [3.05, 3.63) is 53.9 Å². The van der Waals surface area contributed by atoms with E-state index >= 15 is 0 Å². The molecule has 5 heteroatoms. The van der Waals surface area contributed by atoms with Gasteiger partial charge in [0, 0.05) is 29.6 Å². The molecule has 114 valence electrons. The zero-order valence-corrected chi connectivity index (χ0v) is 13.4. The van der Waals surface area contributed by atoms with Crippen molar-refractivity contribution in [3.8, 4) is 0 Å². The Bertz CT molecular complexity index is 525. The summed E-state index contributed by atoms with van der Waals surface area (Å²) in [5.74, 6) is 0. The molecule has 2 atom stereocenters. The molecule has 0 fully saturated rings. The van der Waals surface area contributed by atoms with Gasteiger partial charge in [-0.25, -0.2) is 0 Å². The van der Waals surface area contributed by atoms with Gasteiger partial charge in [0.05, 0.1) is 19.3 Å². The zero-order chi connectivity index (χ0) is 15.1. The van der Waals surface area contributed by atoms with Gasteiger partial charge in [-0.05, 0) is 18.7 Å². The third-order valence-corrected chi connectivity index (χ3v) is 4.71. The van der Waals surface area contributed by atoms with E-state index in [1.54, 1.807) is 11.8 Å². The summed E-state index contributed by atoms with van der Waals surface area (Å²) in [4.78, 5) is 0. The number of hydrogen-bond donors (Lipinski definition) is 2. The monoisotopic (exact) mass is 305 g/mol. The Labute approximate surface area is 130 Å². The van der Waals surface area contributed by atoms with E-state index in [9.17, 15) is 5.11 Å². The van der Waals surface area contributed by atoms with E-state index in [0.717, 1.165) is 18.7 Å². The Morgan fingerprint density at radius 2 is 2.05 bits per heavy atom. The van der Waals surface area contributed by atoms with Gasteiger partial charge in [0.25, 0.3) is 0 Å². The summed E-state index contributed by atoms with van der Waals surface area (Å²) in [6, 6.07) is 10.6. The Morgan fingerprint density at radius 3 is 2.71 bits per heavy atom. The van der Waals surface area contributed by atoms with Gasteiger partial charge in [-0.15, -0.1) is 0 Å². The second-order valence-electron chi connectivity index (χ2n) is 5.16. The number of thioether (sulfide) groups is 1. The molecule has 0 saturated heterocycles. The lowest BCUT2D eigenvalue weighted by Crippen LogP contribution is -2.36. The van der Waals surface area contributed by atoms with Crippen molar-refractivity contribution in [3.63, 3.8) is 0 Å². The Morgan fingerprint density at radius 1 is 1.29 bits per heavy atom. The quantitative estimate of drug-likeness (QED) is 0.784. The highest BCUT2D eigenvalue weighted by Crippen LogP contribution is 2.11. The highest BCUT2D eigenvalue weighted by Gasteiger charge is 2.14. The average Bonchev–Trinajstić information content (AvgIpc) is 2.95. The van der Waals surface area contributed by atoms with Gasteiger partial charge >= 0.3 is 0 Å². The van der Waals surface area contributed by atoms with Crippen LogP contribution in [-0.2, 0) is 13.1 Å². The Hall–Kier alpha value is -1.30. The number of nitrogens with one attached hydrogen (secondary N) is 1. The molecule has 1 aromatic carbocycles. The third-order valence-electron chi connectivity index (χ3n) is 3.54. The van der Waals surface area contributed by atoms with Crippen molar-refractivity contribution < 1.29 is 5.11 Å². The van der Waals surface area contributed by atoms with Crippen LogP contribution in [0.4, 0.5) is 0 Å². The first kappa shape index (κ1) is 16.1. The third kappa shape index (κ3) is 4.88. The number of benzene rings is 1. The van der Waals surface area contributed by atoms with Crippen LogP contribution in [0, 0.1) is 0 Å². The summed E-state index contributed by atoms with van der Waals surface area (Å²) < 4.78 is 1.95. The zero-order valence-electron chi connectivity index (χ0n) is 12.6. The van der Waals surface area contributed by atoms with Crippen LogP contribution in [0.25, 0.3) is 0 Å². The molecule has 2 unspecified atom stereocenters. The van der Waals surface area contributed by atoms with Crippen LogP contribution in [0.1, 0.15) is 18.1 Å². The van der Waals surface area contributed by atoms with Gasteiger partial charge in [-0.1, -0.05) is 30.3 Å². The summed E-state index contributed by atoms with van der Waals surface area (Å²) in [5, 5.41) is 17.4. The maximum Gasteiger partial charge on any atom is 0.0659 e. The van der Waals surface area contributed by atoms with Crippen molar-refractivity contribution in [1.82, 2.24) is 15.1 Å². The smallest absolute Gasteiger partial charge is 0.0659 e. The van der Waals surface area contributed by atoms with Crippen LogP contribution < -0.4 is 5.32 Å². The first-order chi connectivity index (χ1) is 10.2. The molecule has 0 aliphatic heterocycles. The molecule has 4 nitrogen and oxygen atoms in total. The van der Waals surface area contributed by atoms with Crippen LogP contribution in [-0.4, -0.2) is 39.0 Å². The van der Waals surface area contributed by atoms with Crippen LogP contribution in [0.2, 0.25) is 0 Å². The fourth-order valence-corrected chi connectivity index (χ4v) is 2.86. The molecular formula is C16H23N3OS. The van der Waals surface area contributed by atoms with Gasteiger partial charge in [0.1, 0.15) is 0 Å². The minimum Gasteiger partial charge on any atom is -0.395 e. The minimum atomic E-state index is 0.197. The SMILES string of the molecule is CSC(CO)C(C)NCc1cnn(Cc2ccccc2)c1. The van der Waals surface area contributed by atoms with Gasteiger partial charge in [0.2, 0.25) is 0 Å². The van der Waals surface area contributed by atoms with Gasteiger partial charge in [-0.2, -0.15) is 16.9 Å². The summed E-state index contributed by atoms with van der Waals surface area (Å²) in [6.45, 7) is 3.86. The molecule has 0 spiro atoms. The topological polar surface area (TPSA) is 50.1 Å². The second kappa shape index (κ2) is 8.22. The number of hydrogen-bond acceptors (Lipinski definition) is 4. The molecule has 0 amide bonds. The molecule has 0 bridgehead atoms. The number of aliphatic hydroxyl groups excluding tert-OH is 1. The number of aliphatic hydroxyl groups is 1. The van der Waals surface area contributed by atoms with E-state index < -0.39 is 0 Å². The lowest BCUT2D eigenvalue weighted by atomic mass is 10.2. The largest absolute Gasteiger partial charge is 0.395 e. The second-order valence-corrected chi connectivity index (χ2v) is 6.23. The van der Waals surface area contributed by atoms with Gasteiger partial charge in [0.15, 0.2) is 0 Å². The molecular weight excluding hydrogens is 282 g/mol. The van der Waals surface area contributed by atoms with E-state index in [4.69, 9.17) is 0 Å². The highest BCUT2D eigenvalue weighted by molar-refractivity contribution is 7.99. The molecule has 0 saturated carbocycles. The standard InChI is InChI=1S/C16H23N3OS/c1-13(16(12-20)21-2)17-8-15-9-18-19(11-15)10-14-6-4-3-5-7-14/h3-7,9,11,13,16-17,20H,8,10,12H2,1-2H3. The van der Waals surface area contributed by atoms with E-state index in [1.807, 2.05) is 35.3 Å². The normalized spacial score (nSPS) is 14.0. The summed E-state index contributed by atoms with van der Waals surface area (Å²) in [6.07, 6.45) is 5.99. The molecule has 2 rings (SSSR count). The highest BCUT2D eigenvalue weighted by atomic mass is 32.2. The number of nitrogens with zero attached hydrogens (tertiary/aromatic N) is 2. The molecule has 2 aromatic rings. The fraction of sp³-hybridized carbons (Fsp3) is 0.438. The number of aromatic nitrogens is 2. The van der Waals surface area contributed by atoms with Crippen molar-refractivity contribution in [2.24, 2.45) is 0 Å². The molecule has 1 heterocycles. The maximum atomic E-state index is 9.28. The minimum absolute atomic E-state index is 0.197. The summed E-state index contributed by atoms with van der Waals surface area (Å²) in [7, 11) is 0. The maximum absolute atomic E-state index is 9.28. The molecule has 21 heavy (non-hydrogen) atoms. The lowest BCUT2D eigenvalue weighted by molar-refractivity contribution is 0.276. The molecule has 1 aromatic heterocycles. The predicted molar refractivity (Wildman–Crippen MR) is 88.5 cm³/mol. The van der Waals surface area contributed by atoms with Crippen molar-refractivity contribution in [2.75, 3.05) is 12.9 Å². The van der Waals surface area contributed by atoms with Crippen molar-refractivity contribution >= 4 is 11.8 Å². The van der Waals surface area contributed by atoms with E-state index in [0.29, 0.717) is 0 Å². The molecule has 0 aliphatic rings. The Kier molecular flexibility index (Phi) is 6.29. The molecule has 0 radical (unpaired) electrons. The van der Waals surface area contributed by atoms with Crippen LogP contribution in [0.15, 0.2) is 42.7 Å². The first-order valence-corrected chi connectivity index (χ1v) is 8.44. The molecule has 2 N–H and O–H groups in total. The number of rotatable bonds is 8. The van der Waals surface area contributed by atoms with E-state index in [1.165, 1.54) is 5.56 Å². The summed E-state index contributed by atoms with van der Waals surface area (Å²) in [5.41, 5.74) is 2.41.